The smallest absolute Gasteiger partial charge is 0.414 e. The Hall–Kier alpha value is -2.27. The summed E-state index contributed by atoms with van der Waals surface area (Å²) in [6.07, 6.45) is -1.33. The lowest BCUT2D eigenvalue weighted by atomic mass is 10.1. The number of amides is 2. The Bertz CT molecular complexity index is 887. The summed E-state index contributed by atoms with van der Waals surface area (Å²) >= 11 is 8.95. The number of carbonyl (C=O) groups is 2. The third kappa shape index (κ3) is 5.94. The molecule has 0 aromatic heterocycles. The van der Waals surface area contributed by atoms with Crippen molar-refractivity contribution in [1.82, 2.24) is 10.2 Å². The van der Waals surface area contributed by atoms with E-state index in [0.29, 0.717) is 41.9 Å². The Morgan fingerprint density at radius 3 is 2.53 bits per heavy atom. The highest BCUT2D eigenvalue weighted by molar-refractivity contribution is 8.11. The number of nitrogens with one attached hydrogen (secondary N) is 1. The molecule has 8 nitrogen and oxygen atoms in total. The number of carbonyl (C=O) groups excluding carboxylic acids is 2. The van der Waals surface area contributed by atoms with Gasteiger partial charge >= 0.3 is 12.2 Å². The summed E-state index contributed by atoms with van der Waals surface area (Å²) in [5.74, 6) is -0.438. The lowest BCUT2D eigenvalue weighted by Crippen LogP contribution is -2.50. The Morgan fingerprint density at radius 2 is 1.97 bits per heavy atom. The molecule has 2 aliphatic rings. The summed E-state index contributed by atoms with van der Waals surface area (Å²) in [7, 11) is 0. The van der Waals surface area contributed by atoms with E-state index in [1.807, 2.05) is 32.6 Å². The topological polar surface area (TPSA) is 74.4 Å². The second-order valence-electron chi connectivity index (χ2n) is 8.86. The number of hydrogen-bond donors (Lipinski definition) is 2. The van der Waals surface area contributed by atoms with Crippen molar-refractivity contribution < 1.29 is 23.5 Å². The third-order valence-corrected chi connectivity index (χ3v) is 5.51. The molecule has 1 unspecified atom stereocenters. The zero-order chi connectivity index (χ0) is 23.6. The molecular formula is C21H29FN4O4S2. The summed E-state index contributed by atoms with van der Waals surface area (Å²) in [5, 5.41) is 2.94. The van der Waals surface area contributed by atoms with Crippen molar-refractivity contribution in [1.29, 1.82) is 0 Å². The molecule has 11 heteroatoms. The van der Waals surface area contributed by atoms with Gasteiger partial charge in [-0.25, -0.2) is 14.0 Å². The van der Waals surface area contributed by atoms with Gasteiger partial charge in [0.1, 0.15) is 21.8 Å². The van der Waals surface area contributed by atoms with Gasteiger partial charge in [0.25, 0.3) is 0 Å². The normalized spacial score (nSPS) is 20.1. The van der Waals surface area contributed by atoms with Crippen LogP contribution >= 0.6 is 24.8 Å². The molecule has 2 fully saturated rings. The number of hydrogen-bond acceptors (Lipinski definition) is 6. The predicted molar refractivity (Wildman–Crippen MR) is 128 cm³/mol. The van der Waals surface area contributed by atoms with Crippen LogP contribution < -0.4 is 15.1 Å². The summed E-state index contributed by atoms with van der Waals surface area (Å²) in [4.78, 5) is 29.4. The van der Waals surface area contributed by atoms with Crippen LogP contribution in [0.5, 0.6) is 0 Å². The van der Waals surface area contributed by atoms with Crippen molar-refractivity contribution in [2.45, 2.75) is 45.4 Å². The predicted octanol–water partition coefficient (Wildman–Crippen LogP) is 3.40. The lowest BCUT2D eigenvalue weighted by Gasteiger charge is -2.37. The molecule has 2 atom stereocenters. The van der Waals surface area contributed by atoms with Crippen LogP contribution in [-0.2, 0) is 9.47 Å². The van der Waals surface area contributed by atoms with E-state index in [4.69, 9.17) is 21.7 Å². The number of benzene rings is 1. The van der Waals surface area contributed by atoms with Crippen LogP contribution in [0.15, 0.2) is 18.2 Å². The Labute approximate surface area is 198 Å². The average molecular weight is 485 g/mol. The zero-order valence-corrected chi connectivity index (χ0v) is 20.3. The first-order valence-electron chi connectivity index (χ1n) is 10.4. The number of nitrogens with zero attached hydrogens (tertiary/aromatic N) is 3. The minimum atomic E-state index is -0.557. The van der Waals surface area contributed by atoms with Crippen molar-refractivity contribution in [3.05, 3.63) is 24.0 Å². The third-order valence-electron chi connectivity index (χ3n) is 5.26. The quantitative estimate of drug-likeness (QED) is 0.501. The summed E-state index contributed by atoms with van der Waals surface area (Å²) in [6.45, 7) is 9.42. The van der Waals surface area contributed by atoms with Crippen molar-refractivity contribution >= 4 is 52.7 Å². The average Bonchev–Trinajstić information content (AvgIpc) is 3.08. The minimum Gasteiger partial charge on any atom is -0.444 e. The summed E-state index contributed by atoms with van der Waals surface area (Å²) < 4.78 is 26.1. The van der Waals surface area contributed by atoms with Crippen LogP contribution in [0.2, 0.25) is 0 Å². The molecule has 0 saturated carbocycles. The second kappa shape index (κ2) is 9.70. The van der Waals surface area contributed by atoms with Gasteiger partial charge in [-0.1, -0.05) is 12.2 Å². The van der Waals surface area contributed by atoms with Gasteiger partial charge in [-0.2, -0.15) is 0 Å². The summed E-state index contributed by atoms with van der Waals surface area (Å²) in [6, 6.07) is 4.46. The van der Waals surface area contributed by atoms with Gasteiger partial charge < -0.3 is 24.6 Å². The zero-order valence-electron chi connectivity index (χ0n) is 18.6. The van der Waals surface area contributed by atoms with Crippen molar-refractivity contribution in [3.8, 4) is 0 Å². The van der Waals surface area contributed by atoms with Crippen LogP contribution in [-0.4, -0.2) is 71.9 Å². The molecule has 2 amide bonds. The molecule has 0 aliphatic carbocycles. The van der Waals surface area contributed by atoms with Gasteiger partial charge in [0.2, 0.25) is 0 Å². The van der Waals surface area contributed by atoms with Crippen molar-refractivity contribution in [3.63, 3.8) is 0 Å². The number of thiocarbonyl (C=S) groups is 1. The van der Waals surface area contributed by atoms with Gasteiger partial charge in [0, 0.05) is 26.2 Å². The van der Waals surface area contributed by atoms with Crippen LogP contribution in [0, 0.1) is 5.82 Å². The number of halogens is 1. The first-order chi connectivity index (χ1) is 14.9. The molecular weight excluding hydrogens is 455 g/mol. The number of thiol groups is 1. The van der Waals surface area contributed by atoms with E-state index in [2.05, 4.69) is 17.9 Å². The fourth-order valence-corrected chi connectivity index (χ4v) is 4.01. The SMILES string of the molecule is CC(NC(=S)S)[C@@H]1CN(c2ccc(N3CCN(C(=O)OC(C)(C)C)CC3)c(F)c2)C(=O)O1. The number of anilines is 2. The first kappa shape index (κ1) is 24.4. The molecule has 176 valence electrons. The number of piperazine rings is 1. The second-order valence-corrected chi connectivity index (χ2v) is 10.0. The van der Waals surface area contributed by atoms with E-state index in [-0.39, 0.29) is 18.7 Å². The monoisotopic (exact) mass is 484 g/mol. The molecule has 0 bridgehead atoms. The van der Waals surface area contributed by atoms with E-state index in [1.54, 1.807) is 17.0 Å². The largest absolute Gasteiger partial charge is 0.444 e. The highest BCUT2D eigenvalue weighted by Gasteiger charge is 2.36. The molecule has 2 saturated heterocycles. The molecule has 1 aromatic carbocycles. The maximum absolute atomic E-state index is 15.0. The van der Waals surface area contributed by atoms with Crippen LogP contribution in [0.4, 0.5) is 25.4 Å². The highest BCUT2D eigenvalue weighted by Crippen LogP contribution is 2.29. The standard InChI is InChI=1S/C21H29FN4O4S2/c1-13(23-18(31)32)17-12-26(20(28)29-17)14-5-6-16(15(22)11-14)24-7-9-25(10-8-24)19(27)30-21(2,3)4/h5-6,11,13,17H,7-10,12H2,1-4H3,(H2,23,31,32)/t13?,17-/m0/s1. The van der Waals surface area contributed by atoms with Gasteiger partial charge in [-0.15, -0.1) is 12.6 Å². The van der Waals surface area contributed by atoms with E-state index < -0.39 is 23.6 Å². The number of ether oxygens (including phenoxy) is 2. The maximum atomic E-state index is 15.0. The Morgan fingerprint density at radius 1 is 1.31 bits per heavy atom. The first-order valence-corrected chi connectivity index (χ1v) is 11.3. The summed E-state index contributed by atoms with van der Waals surface area (Å²) in [5.41, 5.74) is 0.294. The number of cyclic esters (lactones) is 1. The van der Waals surface area contributed by atoms with E-state index in [0.717, 1.165) is 0 Å². The van der Waals surface area contributed by atoms with Gasteiger partial charge in [0.05, 0.1) is 24.0 Å². The molecule has 2 heterocycles. The fraction of sp³-hybridized carbons (Fsp3) is 0.571. The van der Waals surface area contributed by atoms with E-state index in [1.165, 1.54) is 11.0 Å². The molecule has 2 aliphatic heterocycles. The fourth-order valence-electron chi connectivity index (χ4n) is 3.62. The number of rotatable bonds is 4. The van der Waals surface area contributed by atoms with Gasteiger partial charge in [-0.3, -0.25) is 4.90 Å². The molecule has 0 radical (unpaired) electrons. The van der Waals surface area contributed by atoms with Gasteiger partial charge in [0.15, 0.2) is 0 Å². The highest BCUT2D eigenvalue weighted by atomic mass is 32.1. The Balaban J connectivity index is 1.62. The van der Waals surface area contributed by atoms with E-state index >= 15 is 0 Å². The Kier molecular flexibility index (Phi) is 7.39. The minimum absolute atomic E-state index is 0.223. The molecule has 1 N–H and O–H groups in total. The van der Waals surface area contributed by atoms with Crippen molar-refractivity contribution in [2.24, 2.45) is 0 Å². The van der Waals surface area contributed by atoms with E-state index in [9.17, 15) is 14.0 Å². The lowest BCUT2D eigenvalue weighted by molar-refractivity contribution is 0.0240. The van der Waals surface area contributed by atoms with Crippen molar-refractivity contribution in [2.75, 3.05) is 42.5 Å². The molecule has 32 heavy (non-hydrogen) atoms. The van der Waals surface area contributed by atoms with Crippen LogP contribution in [0.3, 0.4) is 0 Å². The molecule has 3 rings (SSSR count). The molecule has 1 aromatic rings. The maximum Gasteiger partial charge on any atom is 0.414 e. The molecule has 0 spiro atoms. The van der Waals surface area contributed by atoms with Gasteiger partial charge in [-0.05, 0) is 45.9 Å². The van der Waals surface area contributed by atoms with Crippen LogP contribution in [0.25, 0.3) is 0 Å². The van der Waals surface area contributed by atoms with Crippen LogP contribution in [0.1, 0.15) is 27.7 Å².